The molecule has 0 spiro atoms. The van der Waals surface area contributed by atoms with Crippen LogP contribution in [-0.2, 0) is 9.53 Å². The first-order valence-corrected chi connectivity index (χ1v) is 8.06. The SMILES string of the molecule is CCOC(=O)C1=C(C)NC(c2ncc[nH]2)=N[C@@H]1c1ccc(F)cc1Cl. The van der Waals surface area contributed by atoms with Crippen molar-refractivity contribution in [2.45, 2.75) is 19.9 Å². The number of allylic oxidation sites excluding steroid dienone is 1. The number of H-pyrrole nitrogens is 1. The van der Waals surface area contributed by atoms with Gasteiger partial charge in [0.25, 0.3) is 0 Å². The molecule has 8 heteroatoms. The monoisotopic (exact) mass is 362 g/mol. The maximum absolute atomic E-state index is 13.4. The molecule has 6 nitrogen and oxygen atoms in total. The number of esters is 1. The van der Waals surface area contributed by atoms with Crippen molar-refractivity contribution >= 4 is 23.4 Å². The second-order valence-electron chi connectivity index (χ2n) is 5.37. The van der Waals surface area contributed by atoms with Gasteiger partial charge in [-0.25, -0.2) is 14.2 Å². The minimum atomic E-state index is -0.728. The van der Waals surface area contributed by atoms with E-state index < -0.39 is 17.8 Å². The Balaban J connectivity index is 2.11. The van der Waals surface area contributed by atoms with Crippen LogP contribution in [-0.4, -0.2) is 28.4 Å². The van der Waals surface area contributed by atoms with Crippen molar-refractivity contribution in [2.24, 2.45) is 4.99 Å². The molecule has 0 saturated heterocycles. The maximum Gasteiger partial charge on any atom is 0.338 e. The number of nitrogens with one attached hydrogen (secondary N) is 2. The maximum atomic E-state index is 13.4. The Morgan fingerprint density at radius 1 is 1.44 bits per heavy atom. The molecule has 130 valence electrons. The third-order valence-electron chi connectivity index (χ3n) is 3.72. The highest BCUT2D eigenvalue weighted by Crippen LogP contribution is 2.36. The van der Waals surface area contributed by atoms with E-state index in [1.165, 1.54) is 18.2 Å². The minimum Gasteiger partial charge on any atom is -0.463 e. The summed E-state index contributed by atoms with van der Waals surface area (Å²) in [6.45, 7) is 3.70. The first kappa shape index (κ1) is 17.2. The number of hydrogen-bond acceptors (Lipinski definition) is 5. The summed E-state index contributed by atoms with van der Waals surface area (Å²) in [6, 6.07) is 3.26. The van der Waals surface area contributed by atoms with Crippen LogP contribution in [0.1, 0.15) is 31.3 Å². The van der Waals surface area contributed by atoms with Crippen molar-refractivity contribution in [1.82, 2.24) is 15.3 Å². The number of benzene rings is 1. The number of carbonyl (C=O) groups excluding carboxylic acids is 1. The summed E-state index contributed by atoms with van der Waals surface area (Å²) in [5, 5.41) is 3.24. The second-order valence-corrected chi connectivity index (χ2v) is 5.78. The molecule has 1 aromatic heterocycles. The molecule has 3 rings (SSSR count). The van der Waals surface area contributed by atoms with E-state index in [-0.39, 0.29) is 11.6 Å². The Hall–Kier alpha value is -2.67. The Labute approximate surface area is 148 Å². The highest BCUT2D eigenvalue weighted by Gasteiger charge is 2.32. The normalized spacial score (nSPS) is 17.1. The van der Waals surface area contributed by atoms with Crippen LogP contribution >= 0.6 is 11.6 Å². The summed E-state index contributed by atoms with van der Waals surface area (Å²) < 4.78 is 18.6. The molecule has 1 aromatic carbocycles. The number of halogens is 2. The predicted octanol–water partition coefficient (Wildman–Crippen LogP) is 3.13. The zero-order chi connectivity index (χ0) is 18.0. The van der Waals surface area contributed by atoms with Gasteiger partial charge >= 0.3 is 5.97 Å². The molecule has 2 N–H and O–H groups in total. The highest BCUT2D eigenvalue weighted by atomic mass is 35.5. The van der Waals surface area contributed by atoms with E-state index in [0.717, 1.165) is 0 Å². The summed E-state index contributed by atoms with van der Waals surface area (Å²) in [5.74, 6) is 0.0166. The molecule has 0 amide bonds. The van der Waals surface area contributed by atoms with Crippen molar-refractivity contribution in [3.8, 4) is 0 Å². The summed E-state index contributed by atoms with van der Waals surface area (Å²) in [7, 11) is 0. The number of imidazole rings is 1. The predicted molar refractivity (Wildman–Crippen MR) is 91.7 cm³/mol. The zero-order valence-electron chi connectivity index (χ0n) is 13.6. The first-order chi connectivity index (χ1) is 12.0. The summed E-state index contributed by atoms with van der Waals surface area (Å²) in [4.78, 5) is 24.1. The van der Waals surface area contributed by atoms with Gasteiger partial charge in [-0.15, -0.1) is 0 Å². The average Bonchev–Trinajstić information content (AvgIpc) is 3.08. The van der Waals surface area contributed by atoms with Gasteiger partial charge in [0.2, 0.25) is 0 Å². The van der Waals surface area contributed by atoms with Crippen LogP contribution < -0.4 is 5.32 Å². The summed E-state index contributed by atoms with van der Waals surface area (Å²) >= 11 is 6.20. The van der Waals surface area contributed by atoms with Gasteiger partial charge in [-0.1, -0.05) is 17.7 Å². The number of aromatic amines is 1. The van der Waals surface area contributed by atoms with Gasteiger partial charge in [0, 0.05) is 28.7 Å². The number of ether oxygens (including phenoxy) is 1. The van der Waals surface area contributed by atoms with Gasteiger partial charge in [0.1, 0.15) is 11.9 Å². The van der Waals surface area contributed by atoms with Gasteiger partial charge in [-0.2, -0.15) is 0 Å². The fourth-order valence-electron chi connectivity index (χ4n) is 2.61. The lowest BCUT2D eigenvalue weighted by Gasteiger charge is -2.26. The number of nitrogens with zero attached hydrogens (tertiary/aromatic N) is 2. The van der Waals surface area contributed by atoms with Gasteiger partial charge < -0.3 is 15.0 Å². The molecule has 0 radical (unpaired) electrons. The standard InChI is InChI=1S/C17H16ClFN4O2/c1-3-25-17(24)13-9(2)22-16(15-20-6-7-21-15)23-14(13)11-5-4-10(19)8-12(11)18/h4-8,14H,3H2,1-2H3,(H,20,21)(H,22,23)/t14-/m1/s1. The van der Waals surface area contributed by atoms with Crippen molar-refractivity contribution in [1.29, 1.82) is 0 Å². The number of hydrogen-bond donors (Lipinski definition) is 2. The number of rotatable bonds is 4. The molecule has 0 fully saturated rings. The fourth-order valence-corrected chi connectivity index (χ4v) is 2.88. The van der Waals surface area contributed by atoms with Gasteiger partial charge in [0.05, 0.1) is 12.2 Å². The number of carbonyl (C=O) groups is 1. The number of aliphatic imine (C=N–C) groups is 1. The van der Waals surface area contributed by atoms with E-state index in [9.17, 15) is 9.18 Å². The van der Waals surface area contributed by atoms with Crippen LogP contribution in [0.4, 0.5) is 4.39 Å². The van der Waals surface area contributed by atoms with Gasteiger partial charge in [-0.05, 0) is 26.0 Å². The van der Waals surface area contributed by atoms with Crippen molar-refractivity contribution in [3.63, 3.8) is 0 Å². The topological polar surface area (TPSA) is 79.4 Å². The van der Waals surface area contributed by atoms with Gasteiger partial charge in [0.15, 0.2) is 11.7 Å². The molecule has 1 aliphatic heterocycles. The molecule has 1 atom stereocenters. The Bertz CT molecular complexity index is 862. The molecular formula is C17H16ClFN4O2. The van der Waals surface area contributed by atoms with E-state index in [4.69, 9.17) is 16.3 Å². The average molecular weight is 363 g/mol. The largest absolute Gasteiger partial charge is 0.463 e. The quantitative estimate of drug-likeness (QED) is 0.819. The lowest BCUT2D eigenvalue weighted by molar-refractivity contribution is -0.138. The van der Waals surface area contributed by atoms with Crippen LogP contribution in [0, 0.1) is 5.82 Å². The molecule has 1 aliphatic rings. The van der Waals surface area contributed by atoms with Crippen molar-refractivity contribution < 1.29 is 13.9 Å². The van der Waals surface area contributed by atoms with Gasteiger partial charge in [-0.3, -0.25) is 4.99 Å². The molecule has 0 aliphatic carbocycles. The van der Waals surface area contributed by atoms with Crippen LogP contribution in [0.25, 0.3) is 0 Å². The lowest BCUT2D eigenvalue weighted by Crippen LogP contribution is -2.33. The third kappa shape index (κ3) is 3.41. The molecule has 0 bridgehead atoms. The third-order valence-corrected chi connectivity index (χ3v) is 4.04. The minimum absolute atomic E-state index is 0.184. The molecular weight excluding hydrogens is 347 g/mol. The second kappa shape index (κ2) is 7.06. The Morgan fingerprint density at radius 2 is 2.24 bits per heavy atom. The van der Waals surface area contributed by atoms with E-state index in [1.807, 2.05) is 0 Å². The lowest BCUT2D eigenvalue weighted by atomic mass is 9.96. The summed E-state index contributed by atoms with van der Waals surface area (Å²) in [6.07, 6.45) is 3.26. The zero-order valence-corrected chi connectivity index (χ0v) is 14.4. The van der Waals surface area contributed by atoms with Crippen molar-refractivity contribution in [3.05, 3.63) is 64.1 Å². The first-order valence-electron chi connectivity index (χ1n) is 7.68. The Kier molecular flexibility index (Phi) is 4.85. The van der Waals surface area contributed by atoms with Crippen molar-refractivity contribution in [2.75, 3.05) is 6.61 Å². The summed E-state index contributed by atoms with van der Waals surface area (Å²) in [5.41, 5.74) is 1.41. The Morgan fingerprint density at radius 3 is 2.88 bits per heavy atom. The smallest absolute Gasteiger partial charge is 0.338 e. The molecule has 2 heterocycles. The van der Waals surface area contributed by atoms with Crippen LogP contribution in [0.2, 0.25) is 5.02 Å². The number of amidine groups is 1. The highest BCUT2D eigenvalue weighted by molar-refractivity contribution is 6.31. The van der Waals surface area contributed by atoms with E-state index in [1.54, 1.807) is 26.2 Å². The molecule has 2 aromatic rings. The number of aromatic nitrogens is 2. The van der Waals surface area contributed by atoms with Crippen LogP contribution in [0.15, 0.2) is 46.9 Å². The van der Waals surface area contributed by atoms with Crippen LogP contribution in [0.5, 0.6) is 0 Å². The molecule has 0 unspecified atom stereocenters. The van der Waals surface area contributed by atoms with Crippen LogP contribution in [0.3, 0.4) is 0 Å². The van der Waals surface area contributed by atoms with E-state index in [2.05, 4.69) is 20.3 Å². The molecule has 25 heavy (non-hydrogen) atoms. The van der Waals surface area contributed by atoms with E-state index >= 15 is 0 Å². The van der Waals surface area contributed by atoms with E-state index in [0.29, 0.717) is 28.5 Å². The fraction of sp³-hybridized carbons (Fsp3) is 0.235. The molecule has 0 saturated carbocycles.